The summed E-state index contributed by atoms with van der Waals surface area (Å²) in [6, 6.07) is 24.0. The summed E-state index contributed by atoms with van der Waals surface area (Å²) < 4.78 is 46.2. The maximum atomic E-state index is 13.2. The largest absolute Gasteiger partial charge is 0.457 e. The molecule has 178 valence electrons. The van der Waals surface area contributed by atoms with Crippen LogP contribution in [-0.4, -0.2) is 48.9 Å². The van der Waals surface area contributed by atoms with Crippen LogP contribution < -0.4 is 9.64 Å². The predicted molar refractivity (Wildman–Crippen MR) is 131 cm³/mol. The number of para-hydroxylation sites is 1. The number of benzene rings is 3. The van der Waals surface area contributed by atoms with E-state index in [4.69, 9.17) is 9.72 Å². The molecule has 2 heterocycles. The molecule has 1 aliphatic rings. The molecule has 0 amide bonds. The van der Waals surface area contributed by atoms with Crippen LogP contribution in [0.5, 0.6) is 11.5 Å². The number of piperazine rings is 1. The lowest BCUT2D eigenvalue weighted by atomic mass is 10.1. The predicted octanol–water partition coefficient (Wildman–Crippen LogP) is 4.59. The van der Waals surface area contributed by atoms with Gasteiger partial charge in [0.1, 0.15) is 17.3 Å². The average molecular weight is 491 g/mol. The van der Waals surface area contributed by atoms with Crippen molar-refractivity contribution in [1.82, 2.24) is 14.3 Å². The second-order valence-electron chi connectivity index (χ2n) is 8.03. The van der Waals surface area contributed by atoms with Gasteiger partial charge in [-0.25, -0.2) is 22.8 Å². The summed E-state index contributed by atoms with van der Waals surface area (Å²) in [5.74, 6) is 1.58. The third-order valence-electron chi connectivity index (χ3n) is 5.74. The van der Waals surface area contributed by atoms with E-state index in [9.17, 15) is 12.8 Å². The molecule has 1 aromatic heterocycles. The van der Waals surface area contributed by atoms with Gasteiger partial charge in [0.2, 0.25) is 16.0 Å². The van der Waals surface area contributed by atoms with Crippen LogP contribution in [0.2, 0.25) is 0 Å². The van der Waals surface area contributed by atoms with E-state index >= 15 is 0 Å². The number of rotatable bonds is 6. The van der Waals surface area contributed by atoms with Gasteiger partial charge in [-0.2, -0.15) is 4.31 Å². The summed E-state index contributed by atoms with van der Waals surface area (Å²) in [4.78, 5) is 11.2. The van der Waals surface area contributed by atoms with Gasteiger partial charge in [0.15, 0.2) is 0 Å². The Morgan fingerprint density at radius 1 is 0.771 bits per heavy atom. The maximum absolute atomic E-state index is 13.2. The van der Waals surface area contributed by atoms with Crippen molar-refractivity contribution in [1.29, 1.82) is 0 Å². The van der Waals surface area contributed by atoms with Crippen molar-refractivity contribution in [3.05, 3.63) is 96.9 Å². The van der Waals surface area contributed by atoms with E-state index in [2.05, 4.69) is 4.98 Å². The third-order valence-corrected chi connectivity index (χ3v) is 7.66. The fourth-order valence-corrected chi connectivity index (χ4v) is 5.29. The number of aromatic nitrogens is 2. The Morgan fingerprint density at radius 3 is 2.11 bits per heavy atom. The molecule has 0 N–H and O–H groups in total. The molecule has 0 radical (unpaired) electrons. The molecule has 9 heteroatoms. The first-order valence-corrected chi connectivity index (χ1v) is 12.6. The van der Waals surface area contributed by atoms with Crippen LogP contribution in [0, 0.1) is 5.82 Å². The Bertz CT molecular complexity index is 1390. The van der Waals surface area contributed by atoms with Crippen LogP contribution in [0.4, 0.5) is 10.3 Å². The number of nitrogens with zero attached hydrogens (tertiary/aromatic N) is 4. The van der Waals surface area contributed by atoms with Gasteiger partial charge in [-0.05, 0) is 66.7 Å². The summed E-state index contributed by atoms with van der Waals surface area (Å²) in [7, 11) is -3.68. The summed E-state index contributed by atoms with van der Waals surface area (Å²) >= 11 is 0. The van der Waals surface area contributed by atoms with E-state index in [-0.39, 0.29) is 4.90 Å². The van der Waals surface area contributed by atoms with Crippen molar-refractivity contribution in [3.63, 3.8) is 0 Å². The highest BCUT2D eigenvalue weighted by Gasteiger charge is 2.29. The molecule has 35 heavy (non-hydrogen) atoms. The van der Waals surface area contributed by atoms with Crippen LogP contribution in [-0.2, 0) is 10.0 Å². The highest BCUT2D eigenvalue weighted by atomic mass is 32.2. The van der Waals surface area contributed by atoms with E-state index in [1.807, 2.05) is 65.6 Å². The zero-order valence-electron chi connectivity index (χ0n) is 18.8. The molecule has 1 saturated heterocycles. The van der Waals surface area contributed by atoms with Gasteiger partial charge in [0, 0.05) is 37.9 Å². The Morgan fingerprint density at radius 2 is 1.43 bits per heavy atom. The monoisotopic (exact) mass is 490 g/mol. The van der Waals surface area contributed by atoms with Gasteiger partial charge in [-0.3, -0.25) is 0 Å². The first-order valence-electron chi connectivity index (χ1n) is 11.2. The Labute approximate surface area is 203 Å². The normalized spacial score (nSPS) is 14.6. The van der Waals surface area contributed by atoms with E-state index < -0.39 is 15.8 Å². The lowest BCUT2D eigenvalue weighted by molar-refractivity contribution is 0.382. The molecule has 0 bridgehead atoms. The van der Waals surface area contributed by atoms with Gasteiger partial charge in [-0.15, -0.1) is 0 Å². The van der Waals surface area contributed by atoms with E-state index in [0.717, 1.165) is 34.9 Å². The van der Waals surface area contributed by atoms with Crippen molar-refractivity contribution in [3.8, 4) is 22.8 Å². The molecule has 0 saturated carbocycles. The fraction of sp³-hybridized carbons (Fsp3) is 0.154. The molecule has 0 spiro atoms. The van der Waals surface area contributed by atoms with E-state index in [1.165, 1.54) is 16.4 Å². The van der Waals surface area contributed by atoms with Crippen LogP contribution in [0.3, 0.4) is 0 Å². The van der Waals surface area contributed by atoms with E-state index in [1.54, 1.807) is 6.20 Å². The molecule has 0 aliphatic carbocycles. The minimum atomic E-state index is -3.68. The second-order valence-corrected chi connectivity index (χ2v) is 9.96. The highest BCUT2D eigenvalue weighted by Crippen LogP contribution is 2.26. The van der Waals surface area contributed by atoms with Gasteiger partial charge >= 0.3 is 0 Å². The smallest absolute Gasteiger partial charge is 0.243 e. The molecule has 1 fully saturated rings. The van der Waals surface area contributed by atoms with Gasteiger partial charge < -0.3 is 9.64 Å². The molecule has 3 aromatic carbocycles. The minimum absolute atomic E-state index is 0.0882. The number of ether oxygens (including phenoxy) is 1. The molecule has 1 aliphatic heterocycles. The van der Waals surface area contributed by atoms with Crippen molar-refractivity contribution < 1.29 is 17.5 Å². The summed E-state index contributed by atoms with van der Waals surface area (Å²) in [5, 5.41) is 0. The molecular formula is C26H23FN4O3S. The molecule has 0 unspecified atom stereocenters. The first-order chi connectivity index (χ1) is 17.0. The van der Waals surface area contributed by atoms with Crippen LogP contribution in [0.25, 0.3) is 11.3 Å². The number of anilines is 1. The summed E-state index contributed by atoms with van der Waals surface area (Å²) in [6.45, 7) is 1.49. The Kier molecular flexibility index (Phi) is 6.43. The van der Waals surface area contributed by atoms with Crippen LogP contribution in [0.15, 0.2) is 96.0 Å². The SMILES string of the molecule is O=S(=O)(c1ccc(F)cc1)N1CCN(c2nccc(-c3ccc(Oc4ccccc4)cc3)n2)CC1. The molecule has 7 nitrogen and oxygen atoms in total. The number of hydrogen-bond acceptors (Lipinski definition) is 6. The first kappa shape index (κ1) is 22.9. The van der Waals surface area contributed by atoms with Crippen LogP contribution >= 0.6 is 0 Å². The van der Waals surface area contributed by atoms with Crippen molar-refractivity contribution in [2.45, 2.75) is 4.90 Å². The number of sulfonamides is 1. The summed E-state index contributed by atoms with van der Waals surface area (Å²) in [5.41, 5.74) is 1.69. The molecule has 0 atom stereocenters. The Hall–Kier alpha value is -3.82. The highest BCUT2D eigenvalue weighted by molar-refractivity contribution is 7.89. The zero-order chi connectivity index (χ0) is 24.3. The second kappa shape index (κ2) is 9.81. The van der Waals surface area contributed by atoms with Gasteiger partial charge in [0.05, 0.1) is 10.6 Å². The number of halogens is 1. The lowest BCUT2D eigenvalue weighted by Crippen LogP contribution is -2.49. The topological polar surface area (TPSA) is 75.6 Å². The lowest BCUT2D eigenvalue weighted by Gasteiger charge is -2.34. The standard InChI is InChI=1S/C26H23FN4O3S/c27-21-8-12-24(13-9-21)35(32,33)31-18-16-30(17-19-31)26-28-15-14-25(29-26)20-6-10-23(11-7-20)34-22-4-2-1-3-5-22/h1-15H,16-19H2. The van der Waals surface area contributed by atoms with Crippen molar-refractivity contribution >= 4 is 16.0 Å². The van der Waals surface area contributed by atoms with Gasteiger partial charge in [0.25, 0.3) is 0 Å². The minimum Gasteiger partial charge on any atom is -0.457 e. The quantitative estimate of drug-likeness (QED) is 0.394. The molecular weight excluding hydrogens is 467 g/mol. The zero-order valence-corrected chi connectivity index (χ0v) is 19.6. The van der Waals surface area contributed by atoms with Gasteiger partial charge in [-0.1, -0.05) is 18.2 Å². The third kappa shape index (κ3) is 5.16. The van der Waals surface area contributed by atoms with Crippen molar-refractivity contribution in [2.75, 3.05) is 31.1 Å². The van der Waals surface area contributed by atoms with E-state index in [0.29, 0.717) is 32.1 Å². The average Bonchev–Trinajstić information content (AvgIpc) is 2.90. The summed E-state index contributed by atoms with van der Waals surface area (Å²) in [6.07, 6.45) is 1.70. The molecule has 5 rings (SSSR count). The van der Waals surface area contributed by atoms with Crippen LogP contribution in [0.1, 0.15) is 0 Å². The fourth-order valence-electron chi connectivity index (χ4n) is 3.86. The Balaban J connectivity index is 1.25. The molecule has 4 aromatic rings. The maximum Gasteiger partial charge on any atom is 0.243 e. The number of hydrogen-bond donors (Lipinski definition) is 0. The van der Waals surface area contributed by atoms with Crippen molar-refractivity contribution in [2.24, 2.45) is 0 Å².